The van der Waals surface area contributed by atoms with E-state index in [0.717, 1.165) is 40.7 Å². The molecule has 0 aromatic heterocycles. The minimum atomic E-state index is -0.943. The first-order valence-electron chi connectivity index (χ1n) is 18.0. The van der Waals surface area contributed by atoms with Gasteiger partial charge in [0, 0.05) is 12.3 Å². The number of aliphatic hydroxyl groups is 1. The van der Waals surface area contributed by atoms with Crippen LogP contribution in [0.1, 0.15) is 74.0 Å². The van der Waals surface area contributed by atoms with E-state index in [0.29, 0.717) is 32.1 Å². The molecule has 3 amide bonds. The lowest BCUT2D eigenvalue weighted by Crippen LogP contribution is -2.53. The average Bonchev–Trinajstić information content (AvgIpc) is 3.74. The zero-order valence-electron chi connectivity index (χ0n) is 28.9. The summed E-state index contributed by atoms with van der Waals surface area (Å²) in [4.78, 5) is 53.4. The van der Waals surface area contributed by atoms with Crippen LogP contribution >= 0.6 is 0 Å². The lowest BCUT2D eigenvalue weighted by molar-refractivity contribution is -0.149. The standard InChI is InChI=1S/C41H47N3O7/c45-25-30(23-28-13-3-1-4-14-28)42-37(46)24-29-15-5-2-6-20-36(39(48)51-27-41(44-38(29)47)21-11-12-22-41)43-40(49)50-26-35-33-18-9-7-16-31(33)32-17-8-10-19-34(32)35/h1-5,7-10,13-14,16-19,29-30,35-36,45H,6,11-12,15,20-27H2,(H,42,46)(H,43,49)(H,44,47). The van der Waals surface area contributed by atoms with Crippen LogP contribution in [0.4, 0.5) is 4.79 Å². The molecule has 1 spiro atoms. The Hall–Kier alpha value is -4.96. The topological polar surface area (TPSA) is 143 Å². The Morgan fingerprint density at radius 3 is 2.27 bits per heavy atom. The van der Waals surface area contributed by atoms with Gasteiger partial charge in [-0.25, -0.2) is 9.59 Å². The number of rotatable bonds is 9. The zero-order chi connectivity index (χ0) is 35.6. The van der Waals surface area contributed by atoms with Gasteiger partial charge in [-0.1, -0.05) is 104 Å². The average molecular weight is 694 g/mol. The lowest BCUT2D eigenvalue weighted by atomic mass is 9.94. The van der Waals surface area contributed by atoms with Gasteiger partial charge in [-0.3, -0.25) is 9.59 Å². The van der Waals surface area contributed by atoms with Crippen LogP contribution in [0.2, 0.25) is 0 Å². The molecule has 1 heterocycles. The number of fused-ring (bicyclic) bond motifs is 3. The molecule has 3 aromatic rings. The summed E-state index contributed by atoms with van der Waals surface area (Å²) < 4.78 is 11.5. The predicted octanol–water partition coefficient (Wildman–Crippen LogP) is 5.33. The van der Waals surface area contributed by atoms with Crippen LogP contribution < -0.4 is 16.0 Å². The van der Waals surface area contributed by atoms with Crippen LogP contribution in [0.5, 0.6) is 0 Å². The van der Waals surface area contributed by atoms with Crippen molar-refractivity contribution < 1.29 is 33.8 Å². The SMILES string of the molecule is O=C(CC1CC=CCCC(NC(=O)OCC2c3ccccc3-c3ccccc32)C(=O)OCC2(CCCC2)NC1=O)NC(CO)Cc1ccccc1. The van der Waals surface area contributed by atoms with Crippen LogP contribution in [0.3, 0.4) is 0 Å². The minimum absolute atomic E-state index is 0.0313. The Balaban J connectivity index is 1.09. The number of carbonyl (C=O) groups is 4. The second kappa shape index (κ2) is 16.8. The van der Waals surface area contributed by atoms with Crippen molar-refractivity contribution in [3.05, 3.63) is 108 Å². The summed E-state index contributed by atoms with van der Waals surface area (Å²) in [6.07, 6.45) is 7.44. The van der Waals surface area contributed by atoms with Gasteiger partial charge >= 0.3 is 12.1 Å². The van der Waals surface area contributed by atoms with Crippen LogP contribution in [0.25, 0.3) is 11.1 Å². The van der Waals surface area contributed by atoms with E-state index in [1.807, 2.05) is 78.9 Å². The third-order valence-electron chi connectivity index (χ3n) is 10.3. The number of allylic oxidation sites excluding steroid dienone is 2. The van der Waals surface area contributed by atoms with Crippen molar-refractivity contribution in [1.29, 1.82) is 0 Å². The van der Waals surface area contributed by atoms with Gasteiger partial charge in [0.2, 0.25) is 11.8 Å². The number of cyclic esters (lactones) is 1. The molecule has 3 atom stereocenters. The van der Waals surface area contributed by atoms with Crippen LogP contribution in [0, 0.1) is 5.92 Å². The van der Waals surface area contributed by atoms with E-state index in [1.165, 1.54) is 0 Å². The van der Waals surface area contributed by atoms with Crippen LogP contribution in [-0.4, -0.2) is 66.4 Å². The maximum absolute atomic E-state index is 13.7. The molecule has 3 unspecified atom stereocenters. The van der Waals surface area contributed by atoms with Crippen molar-refractivity contribution in [2.24, 2.45) is 5.92 Å². The summed E-state index contributed by atoms with van der Waals surface area (Å²) in [6, 6.07) is 24.4. The molecular weight excluding hydrogens is 646 g/mol. The molecule has 1 aliphatic heterocycles. The molecule has 2 aliphatic carbocycles. The molecular formula is C41H47N3O7. The highest BCUT2D eigenvalue weighted by Gasteiger charge is 2.39. The second-order valence-corrected chi connectivity index (χ2v) is 13.9. The van der Waals surface area contributed by atoms with Gasteiger partial charge < -0.3 is 30.5 Å². The first-order chi connectivity index (χ1) is 24.8. The number of benzene rings is 3. The number of hydrogen-bond donors (Lipinski definition) is 4. The normalized spacial score (nSPS) is 20.8. The van der Waals surface area contributed by atoms with E-state index >= 15 is 0 Å². The fourth-order valence-electron chi connectivity index (χ4n) is 7.56. The highest BCUT2D eigenvalue weighted by atomic mass is 16.6. The van der Waals surface area contributed by atoms with Gasteiger partial charge in [0.05, 0.1) is 24.1 Å². The molecule has 268 valence electrons. The van der Waals surface area contributed by atoms with E-state index in [1.54, 1.807) is 0 Å². The summed E-state index contributed by atoms with van der Waals surface area (Å²) >= 11 is 0. The van der Waals surface area contributed by atoms with Crippen molar-refractivity contribution in [3.63, 3.8) is 0 Å². The molecule has 0 bridgehead atoms. The van der Waals surface area contributed by atoms with E-state index in [4.69, 9.17) is 9.47 Å². The number of ether oxygens (including phenoxy) is 2. The summed E-state index contributed by atoms with van der Waals surface area (Å²) in [5.41, 5.74) is 4.68. The maximum Gasteiger partial charge on any atom is 0.407 e. The number of nitrogens with one attached hydrogen (secondary N) is 3. The van der Waals surface area contributed by atoms with Crippen molar-refractivity contribution in [2.75, 3.05) is 19.8 Å². The van der Waals surface area contributed by atoms with Crippen molar-refractivity contribution >= 4 is 23.9 Å². The molecule has 51 heavy (non-hydrogen) atoms. The van der Waals surface area contributed by atoms with Gasteiger partial charge in [0.1, 0.15) is 19.3 Å². The summed E-state index contributed by atoms with van der Waals surface area (Å²) in [7, 11) is 0. The van der Waals surface area contributed by atoms with Gasteiger partial charge in [-0.15, -0.1) is 0 Å². The molecule has 10 nitrogen and oxygen atoms in total. The van der Waals surface area contributed by atoms with E-state index in [-0.39, 0.29) is 50.4 Å². The van der Waals surface area contributed by atoms with Gasteiger partial charge in [-0.2, -0.15) is 0 Å². The monoisotopic (exact) mass is 693 g/mol. The number of amides is 3. The summed E-state index contributed by atoms with van der Waals surface area (Å²) in [5, 5.41) is 18.7. The number of alkyl carbamates (subject to hydrolysis) is 1. The van der Waals surface area contributed by atoms with Crippen molar-refractivity contribution in [2.45, 2.75) is 81.3 Å². The Kier molecular flexibility index (Phi) is 11.8. The predicted molar refractivity (Wildman–Crippen MR) is 193 cm³/mol. The smallest absolute Gasteiger partial charge is 0.407 e. The second-order valence-electron chi connectivity index (χ2n) is 13.9. The number of hydrogen-bond acceptors (Lipinski definition) is 7. The third-order valence-corrected chi connectivity index (χ3v) is 10.3. The third kappa shape index (κ3) is 9.05. The van der Waals surface area contributed by atoms with E-state index in [2.05, 4.69) is 28.1 Å². The van der Waals surface area contributed by atoms with E-state index < -0.39 is 35.6 Å². The summed E-state index contributed by atoms with van der Waals surface area (Å²) in [5.74, 6) is -1.94. The zero-order valence-corrected chi connectivity index (χ0v) is 28.9. The Morgan fingerprint density at radius 1 is 0.922 bits per heavy atom. The van der Waals surface area contributed by atoms with Gasteiger partial charge in [0.25, 0.3) is 0 Å². The summed E-state index contributed by atoms with van der Waals surface area (Å²) in [6.45, 7) is -0.134. The highest BCUT2D eigenvalue weighted by Crippen LogP contribution is 2.44. The maximum atomic E-state index is 13.7. The Morgan fingerprint density at radius 2 is 1.59 bits per heavy atom. The molecule has 1 saturated carbocycles. The van der Waals surface area contributed by atoms with Gasteiger partial charge in [-0.05, 0) is 66.3 Å². The van der Waals surface area contributed by atoms with Gasteiger partial charge in [0.15, 0.2) is 0 Å². The fraction of sp³-hybridized carbons (Fsp3) is 0.415. The molecule has 0 saturated heterocycles. The first-order valence-corrected chi connectivity index (χ1v) is 18.0. The molecule has 3 aliphatic rings. The Bertz CT molecular complexity index is 1670. The molecule has 1 fully saturated rings. The molecule has 3 aromatic carbocycles. The lowest BCUT2D eigenvalue weighted by Gasteiger charge is -2.32. The van der Waals surface area contributed by atoms with Crippen LogP contribution in [-0.2, 0) is 30.3 Å². The largest absolute Gasteiger partial charge is 0.462 e. The molecule has 4 N–H and O–H groups in total. The number of carbonyl (C=O) groups excluding carboxylic acids is 4. The minimum Gasteiger partial charge on any atom is -0.462 e. The number of aliphatic hydroxyl groups excluding tert-OH is 1. The number of esters is 1. The van der Waals surface area contributed by atoms with Crippen LogP contribution in [0.15, 0.2) is 91.0 Å². The van der Waals surface area contributed by atoms with Crippen molar-refractivity contribution in [3.8, 4) is 11.1 Å². The first kappa shape index (κ1) is 35.9. The van der Waals surface area contributed by atoms with E-state index in [9.17, 15) is 24.3 Å². The Labute approximate surface area is 299 Å². The molecule has 6 rings (SSSR count). The highest BCUT2D eigenvalue weighted by molar-refractivity contribution is 5.87. The quantitative estimate of drug-likeness (QED) is 0.175. The molecule has 0 radical (unpaired) electrons. The molecule has 10 heteroatoms. The fourth-order valence-corrected chi connectivity index (χ4v) is 7.56. The van der Waals surface area contributed by atoms with Crippen molar-refractivity contribution in [1.82, 2.24) is 16.0 Å².